The van der Waals surface area contributed by atoms with Crippen LogP contribution in [-0.2, 0) is 4.74 Å². The number of rotatable bonds is 10. The molecule has 0 fully saturated rings. The first-order valence-electron chi connectivity index (χ1n) is 6.13. The molecule has 0 aromatic heterocycles. The Bertz CT molecular complexity index is 106. The van der Waals surface area contributed by atoms with E-state index >= 15 is 0 Å². The minimum absolute atomic E-state index is 0.453. The van der Waals surface area contributed by atoms with E-state index in [-0.39, 0.29) is 0 Å². The van der Waals surface area contributed by atoms with E-state index in [1.54, 1.807) is 0 Å². The number of ether oxygens (including phenoxy) is 1. The Morgan fingerprint density at radius 1 is 1.14 bits per heavy atom. The molecule has 0 amide bonds. The van der Waals surface area contributed by atoms with Crippen LogP contribution in [0.2, 0.25) is 0 Å². The summed E-state index contributed by atoms with van der Waals surface area (Å²) in [6, 6.07) is 0. The molecule has 0 aromatic carbocycles. The van der Waals surface area contributed by atoms with Gasteiger partial charge in [0, 0.05) is 6.61 Å². The molecule has 0 heterocycles. The highest BCUT2D eigenvalue weighted by Gasteiger charge is 1.99. The lowest BCUT2D eigenvalue weighted by Crippen LogP contribution is -2.14. The van der Waals surface area contributed by atoms with Crippen LogP contribution in [0.3, 0.4) is 0 Å². The third-order valence-electron chi connectivity index (χ3n) is 2.35. The summed E-state index contributed by atoms with van der Waals surface area (Å²) in [5, 5.41) is 3.33. The first-order valence-corrected chi connectivity index (χ1v) is 6.13. The van der Waals surface area contributed by atoms with Crippen LogP contribution in [-0.4, -0.2) is 25.8 Å². The van der Waals surface area contributed by atoms with Gasteiger partial charge in [0.05, 0.1) is 6.10 Å². The average molecular weight is 201 g/mol. The van der Waals surface area contributed by atoms with Gasteiger partial charge in [0.15, 0.2) is 0 Å². The van der Waals surface area contributed by atoms with Crippen LogP contribution in [0.15, 0.2) is 0 Å². The Balaban J connectivity index is 2.98. The van der Waals surface area contributed by atoms with Crippen molar-refractivity contribution in [2.24, 2.45) is 0 Å². The van der Waals surface area contributed by atoms with Crippen molar-refractivity contribution in [2.45, 2.75) is 59.0 Å². The number of hydrogen-bond donors (Lipinski definition) is 1. The van der Waals surface area contributed by atoms with Gasteiger partial charge in [-0.15, -0.1) is 0 Å². The van der Waals surface area contributed by atoms with Crippen LogP contribution in [0.5, 0.6) is 0 Å². The average Bonchev–Trinajstić information content (AvgIpc) is 2.17. The lowest BCUT2D eigenvalue weighted by Gasteiger charge is -2.11. The SMILES string of the molecule is CCCC(C)OCCCCCNCC. The Labute approximate surface area is 89.4 Å². The van der Waals surface area contributed by atoms with E-state index < -0.39 is 0 Å². The third kappa shape index (κ3) is 10.0. The van der Waals surface area contributed by atoms with Crippen molar-refractivity contribution < 1.29 is 4.74 Å². The Kier molecular flexibility index (Phi) is 10.9. The van der Waals surface area contributed by atoms with E-state index in [1.807, 2.05) is 0 Å². The van der Waals surface area contributed by atoms with E-state index in [0.29, 0.717) is 6.10 Å². The van der Waals surface area contributed by atoms with Crippen molar-refractivity contribution in [2.75, 3.05) is 19.7 Å². The summed E-state index contributed by atoms with van der Waals surface area (Å²) >= 11 is 0. The third-order valence-corrected chi connectivity index (χ3v) is 2.35. The highest BCUT2D eigenvalue weighted by Crippen LogP contribution is 2.03. The standard InChI is InChI=1S/C12H27NO/c1-4-9-12(3)14-11-8-6-7-10-13-5-2/h12-13H,4-11H2,1-3H3. The molecule has 0 saturated heterocycles. The van der Waals surface area contributed by atoms with Crippen LogP contribution in [0, 0.1) is 0 Å². The van der Waals surface area contributed by atoms with Crippen molar-refractivity contribution in [3.63, 3.8) is 0 Å². The normalized spacial score (nSPS) is 13.1. The Morgan fingerprint density at radius 2 is 1.93 bits per heavy atom. The number of hydrogen-bond acceptors (Lipinski definition) is 2. The van der Waals surface area contributed by atoms with Gasteiger partial charge < -0.3 is 10.1 Å². The topological polar surface area (TPSA) is 21.3 Å². The zero-order valence-corrected chi connectivity index (χ0v) is 10.1. The molecule has 0 radical (unpaired) electrons. The molecular formula is C12H27NO. The maximum Gasteiger partial charge on any atom is 0.0546 e. The van der Waals surface area contributed by atoms with Crippen molar-refractivity contribution in [3.05, 3.63) is 0 Å². The summed E-state index contributed by atoms with van der Waals surface area (Å²) in [6.45, 7) is 9.70. The smallest absolute Gasteiger partial charge is 0.0546 e. The maximum absolute atomic E-state index is 5.67. The summed E-state index contributed by atoms with van der Waals surface area (Å²) < 4.78 is 5.67. The molecule has 1 unspecified atom stereocenters. The zero-order valence-electron chi connectivity index (χ0n) is 10.1. The fraction of sp³-hybridized carbons (Fsp3) is 1.00. The highest BCUT2D eigenvalue weighted by atomic mass is 16.5. The van der Waals surface area contributed by atoms with Crippen LogP contribution < -0.4 is 5.32 Å². The predicted octanol–water partition coefficient (Wildman–Crippen LogP) is 2.97. The molecular weight excluding hydrogens is 174 g/mol. The highest BCUT2D eigenvalue weighted by molar-refractivity contribution is 4.50. The molecule has 0 spiro atoms. The first-order chi connectivity index (χ1) is 6.81. The van der Waals surface area contributed by atoms with Gasteiger partial charge in [0.25, 0.3) is 0 Å². The van der Waals surface area contributed by atoms with Crippen molar-refractivity contribution in [1.29, 1.82) is 0 Å². The van der Waals surface area contributed by atoms with E-state index in [4.69, 9.17) is 4.74 Å². The molecule has 1 N–H and O–H groups in total. The van der Waals surface area contributed by atoms with Crippen LogP contribution >= 0.6 is 0 Å². The Morgan fingerprint density at radius 3 is 2.57 bits per heavy atom. The van der Waals surface area contributed by atoms with Crippen LogP contribution in [0.4, 0.5) is 0 Å². The minimum Gasteiger partial charge on any atom is -0.379 e. The molecule has 0 aliphatic rings. The van der Waals surface area contributed by atoms with Gasteiger partial charge in [-0.1, -0.05) is 20.3 Å². The van der Waals surface area contributed by atoms with E-state index in [9.17, 15) is 0 Å². The van der Waals surface area contributed by atoms with E-state index in [1.165, 1.54) is 32.1 Å². The van der Waals surface area contributed by atoms with Crippen molar-refractivity contribution in [3.8, 4) is 0 Å². The second-order valence-electron chi connectivity index (χ2n) is 3.88. The fourth-order valence-corrected chi connectivity index (χ4v) is 1.48. The minimum atomic E-state index is 0.453. The molecule has 0 bridgehead atoms. The molecule has 14 heavy (non-hydrogen) atoms. The van der Waals surface area contributed by atoms with Crippen molar-refractivity contribution in [1.82, 2.24) is 5.32 Å². The number of unbranched alkanes of at least 4 members (excludes halogenated alkanes) is 2. The van der Waals surface area contributed by atoms with Gasteiger partial charge in [0.1, 0.15) is 0 Å². The quantitative estimate of drug-likeness (QED) is 0.549. The summed E-state index contributed by atoms with van der Waals surface area (Å²) in [4.78, 5) is 0. The summed E-state index contributed by atoms with van der Waals surface area (Å²) in [5.41, 5.74) is 0. The van der Waals surface area contributed by atoms with Crippen LogP contribution in [0.25, 0.3) is 0 Å². The van der Waals surface area contributed by atoms with Gasteiger partial charge in [-0.05, 0) is 45.7 Å². The van der Waals surface area contributed by atoms with E-state index in [2.05, 4.69) is 26.1 Å². The summed E-state index contributed by atoms with van der Waals surface area (Å²) in [7, 11) is 0. The molecule has 2 heteroatoms. The number of nitrogens with one attached hydrogen (secondary N) is 1. The lowest BCUT2D eigenvalue weighted by molar-refractivity contribution is 0.0571. The molecule has 0 aliphatic carbocycles. The molecule has 2 nitrogen and oxygen atoms in total. The predicted molar refractivity (Wildman–Crippen MR) is 62.7 cm³/mol. The molecule has 0 saturated carbocycles. The van der Waals surface area contributed by atoms with Crippen LogP contribution in [0.1, 0.15) is 52.9 Å². The maximum atomic E-state index is 5.67. The molecule has 0 rings (SSSR count). The lowest BCUT2D eigenvalue weighted by atomic mass is 10.2. The molecule has 0 aromatic rings. The fourth-order valence-electron chi connectivity index (χ4n) is 1.48. The van der Waals surface area contributed by atoms with Gasteiger partial charge in [-0.3, -0.25) is 0 Å². The first kappa shape index (κ1) is 13.9. The molecule has 1 atom stereocenters. The van der Waals surface area contributed by atoms with Gasteiger partial charge in [-0.2, -0.15) is 0 Å². The van der Waals surface area contributed by atoms with E-state index in [0.717, 1.165) is 19.7 Å². The summed E-state index contributed by atoms with van der Waals surface area (Å²) in [5.74, 6) is 0. The van der Waals surface area contributed by atoms with Gasteiger partial charge in [0.2, 0.25) is 0 Å². The zero-order chi connectivity index (χ0) is 10.6. The Hall–Kier alpha value is -0.0800. The molecule has 0 aliphatic heterocycles. The monoisotopic (exact) mass is 201 g/mol. The van der Waals surface area contributed by atoms with Gasteiger partial charge in [-0.25, -0.2) is 0 Å². The molecule has 86 valence electrons. The largest absolute Gasteiger partial charge is 0.379 e. The second-order valence-corrected chi connectivity index (χ2v) is 3.88. The second kappa shape index (κ2) is 11.0. The van der Waals surface area contributed by atoms with Gasteiger partial charge >= 0.3 is 0 Å². The summed E-state index contributed by atoms with van der Waals surface area (Å²) in [6.07, 6.45) is 6.64. The van der Waals surface area contributed by atoms with Crippen molar-refractivity contribution >= 4 is 0 Å².